The van der Waals surface area contributed by atoms with Crippen molar-refractivity contribution < 1.29 is 0 Å². The topological polar surface area (TPSA) is 43.6 Å². The summed E-state index contributed by atoms with van der Waals surface area (Å²) >= 11 is 0. The number of benzene rings is 1. The van der Waals surface area contributed by atoms with Crippen molar-refractivity contribution in [1.82, 2.24) is 20.0 Å². The summed E-state index contributed by atoms with van der Waals surface area (Å²) in [5.74, 6) is 0.602. The van der Waals surface area contributed by atoms with Crippen LogP contribution in [0.1, 0.15) is 37.4 Å². The minimum Gasteiger partial charge on any atom is -0.259 e. The van der Waals surface area contributed by atoms with Gasteiger partial charge in [-0.1, -0.05) is 36.3 Å². The van der Waals surface area contributed by atoms with Gasteiger partial charge in [0.05, 0.1) is 17.3 Å². The molecule has 1 aliphatic carbocycles. The SMILES string of the molecule is c1ccc(C(C2CCCC2)n2nnc3ccccc32)nc1. The van der Waals surface area contributed by atoms with Crippen LogP contribution in [0.15, 0.2) is 48.7 Å². The molecular weight excluding hydrogens is 260 g/mol. The summed E-state index contributed by atoms with van der Waals surface area (Å²) in [6.45, 7) is 0. The lowest BCUT2D eigenvalue weighted by Gasteiger charge is -2.23. The highest BCUT2D eigenvalue weighted by molar-refractivity contribution is 5.74. The van der Waals surface area contributed by atoms with Crippen LogP contribution in [0.5, 0.6) is 0 Å². The maximum atomic E-state index is 4.60. The number of fused-ring (bicyclic) bond motifs is 1. The van der Waals surface area contributed by atoms with Gasteiger partial charge in [-0.3, -0.25) is 4.98 Å². The summed E-state index contributed by atoms with van der Waals surface area (Å²) < 4.78 is 2.08. The molecule has 2 heterocycles. The Balaban J connectivity index is 1.85. The van der Waals surface area contributed by atoms with Crippen molar-refractivity contribution >= 4 is 11.0 Å². The van der Waals surface area contributed by atoms with Gasteiger partial charge in [-0.05, 0) is 43.0 Å². The highest BCUT2D eigenvalue weighted by Gasteiger charge is 2.30. The number of rotatable bonds is 3. The second kappa shape index (κ2) is 5.28. The lowest BCUT2D eigenvalue weighted by molar-refractivity contribution is 0.354. The molecule has 0 radical (unpaired) electrons. The molecular formula is C17H18N4. The summed E-state index contributed by atoms with van der Waals surface area (Å²) in [6.07, 6.45) is 6.97. The van der Waals surface area contributed by atoms with E-state index in [0.717, 1.165) is 16.7 Å². The maximum absolute atomic E-state index is 4.60. The molecule has 1 saturated carbocycles. The predicted octanol–water partition coefficient (Wildman–Crippen LogP) is 3.61. The summed E-state index contributed by atoms with van der Waals surface area (Å²) in [7, 11) is 0. The van der Waals surface area contributed by atoms with Crippen LogP contribution in [0.2, 0.25) is 0 Å². The van der Waals surface area contributed by atoms with E-state index in [9.17, 15) is 0 Å². The lowest BCUT2D eigenvalue weighted by Crippen LogP contribution is -2.21. The van der Waals surface area contributed by atoms with Crippen LogP contribution >= 0.6 is 0 Å². The molecule has 1 fully saturated rings. The molecule has 0 N–H and O–H groups in total. The van der Waals surface area contributed by atoms with Crippen LogP contribution in [0.4, 0.5) is 0 Å². The molecule has 1 aliphatic rings. The molecule has 1 unspecified atom stereocenters. The highest BCUT2D eigenvalue weighted by atomic mass is 15.4. The number of pyridine rings is 1. The van der Waals surface area contributed by atoms with Crippen LogP contribution in [0.25, 0.3) is 11.0 Å². The van der Waals surface area contributed by atoms with Gasteiger partial charge in [-0.25, -0.2) is 4.68 Å². The van der Waals surface area contributed by atoms with Crippen molar-refractivity contribution in [3.63, 3.8) is 0 Å². The summed E-state index contributed by atoms with van der Waals surface area (Å²) in [6, 6.07) is 14.5. The molecule has 4 heteroatoms. The van der Waals surface area contributed by atoms with Gasteiger partial charge in [0, 0.05) is 6.20 Å². The Morgan fingerprint density at radius 2 is 1.81 bits per heavy atom. The maximum Gasteiger partial charge on any atom is 0.113 e. The number of hydrogen-bond acceptors (Lipinski definition) is 3. The normalized spacial score (nSPS) is 17.3. The third-order valence-corrected chi connectivity index (χ3v) is 4.48. The van der Waals surface area contributed by atoms with Crippen molar-refractivity contribution in [2.24, 2.45) is 5.92 Å². The van der Waals surface area contributed by atoms with Gasteiger partial charge in [-0.2, -0.15) is 0 Å². The van der Waals surface area contributed by atoms with Gasteiger partial charge in [0.2, 0.25) is 0 Å². The third-order valence-electron chi connectivity index (χ3n) is 4.48. The molecule has 1 atom stereocenters. The Morgan fingerprint density at radius 1 is 1.00 bits per heavy atom. The largest absolute Gasteiger partial charge is 0.259 e. The fourth-order valence-corrected chi connectivity index (χ4v) is 3.48. The number of para-hydroxylation sites is 1. The van der Waals surface area contributed by atoms with Crippen molar-refractivity contribution in [2.45, 2.75) is 31.7 Å². The molecule has 4 nitrogen and oxygen atoms in total. The molecule has 2 aromatic heterocycles. The van der Waals surface area contributed by atoms with Crippen LogP contribution in [-0.2, 0) is 0 Å². The molecule has 0 bridgehead atoms. The van der Waals surface area contributed by atoms with Crippen LogP contribution in [0.3, 0.4) is 0 Å². The minimum absolute atomic E-state index is 0.195. The molecule has 0 spiro atoms. The summed E-state index contributed by atoms with van der Waals surface area (Å²) in [5, 5.41) is 8.76. The van der Waals surface area contributed by atoms with Gasteiger partial charge in [0.15, 0.2) is 0 Å². The zero-order valence-electron chi connectivity index (χ0n) is 11.9. The van der Waals surface area contributed by atoms with Gasteiger partial charge in [0.1, 0.15) is 5.52 Å². The van der Waals surface area contributed by atoms with Gasteiger partial charge in [-0.15, -0.1) is 5.10 Å². The fourth-order valence-electron chi connectivity index (χ4n) is 3.48. The molecule has 0 aliphatic heterocycles. The van der Waals surface area contributed by atoms with E-state index < -0.39 is 0 Å². The lowest BCUT2D eigenvalue weighted by atomic mass is 9.95. The van der Waals surface area contributed by atoms with Crippen molar-refractivity contribution in [1.29, 1.82) is 0 Å². The average molecular weight is 278 g/mol. The molecule has 3 aromatic rings. The Hall–Kier alpha value is -2.23. The second-order valence-corrected chi connectivity index (χ2v) is 5.77. The molecule has 21 heavy (non-hydrogen) atoms. The Kier molecular flexibility index (Phi) is 3.14. The second-order valence-electron chi connectivity index (χ2n) is 5.77. The van der Waals surface area contributed by atoms with Crippen LogP contribution < -0.4 is 0 Å². The van der Waals surface area contributed by atoms with Gasteiger partial charge >= 0.3 is 0 Å². The van der Waals surface area contributed by atoms with Gasteiger partial charge in [0.25, 0.3) is 0 Å². The fraction of sp³-hybridized carbons (Fsp3) is 0.353. The standard InChI is InChI=1S/C17H18N4/c1-2-8-13(7-1)17(15-10-5-6-12-18-15)21-16-11-4-3-9-14(16)19-20-21/h3-6,9-13,17H,1-2,7-8H2. The van der Waals surface area contributed by atoms with E-state index in [4.69, 9.17) is 0 Å². The van der Waals surface area contributed by atoms with E-state index >= 15 is 0 Å². The van der Waals surface area contributed by atoms with Crippen molar-refractivity contribution in [3.8, 4) is 0 Å². The molecule has 1 aromatic carbocycles. The highest BCUT2D eigenvalue weighted by Crippen LogP contribution is 2.38. The van der Waals surface area contributed by atoms with Crippen LogP contribution in [0, 0.1) is 5.92 Å². The Morgan fingerprint density at radius 3 is 2.62 bits per heavy atom. The Bertz CT molecular complexity index is 729. The van der Waals surface area contributed by atoms with Crippen molar-refractivity contribution in [3.05, 3.63) is 54.4 Å². The molecule has 4 rings (SSSR count). The first kappa shape index (κ1) is 12.5. The number of nitrogens with zero attached hydrogens (tertiary/aromatic N) is 4. The first-order valence-corrected chi connectivity index (χ1v) is 7.64. The van der Waals surface area contributed by atoms with E-state index in [1.54, 1.807) is 0 Å². The third kappa shape index (κ3) is 2.20. The predicted molar refractivity (Wildman–Crippen MR) is 81.9 cm³/mol. The zero-order chi connectivity index (χ0) is 14.1. The van der Waals surface area contributed by atoms with E-state index in [1.807, 2.05) is 30.5 Å². The quantitative estimate of drug-likeness (QED) is 0.735. The molecule has 106 valence electrons. The van der Waals surface area contributed by atoms with Crippen molar-refractivity contribution in [2.75, 3.05) is 0 Å². The monoisotopic (exact) mass is 278 g/mol. The minimum atomic E-state index is 0.195. The average Bonchev–Trinajstić information content (AvgIpc) is 3.20. The summed E-state index contributed by atoms with van der Waals surface area (Å²) in [4.78, 5) is 4.60. The first-order chi connectivity index (χ1) is 10.4. The first-order valence-electron chi connectivity index (χ1n) is 7.64. The van der Waals surface area contributed by atoms with E-state index in [0.29, 0.717) is 5.92 Å². The molecule has 0 saturated heterocycles. The summed E-state index contributed by atoms with van der Waals surface area (Å²) in [5.41, 5.74) is 3.15. The van der Waals surface area contributed by atoms with E-state index in [-0.39, 0.29) is 6.04 Å². The number of hydrogen-bond donors (Lipinski definition) is 0. The Labute approximate surface area is 123 Å². The van der Waals surface area contributed by atoms with Gasteiger partial charge < -0.3 is 0 Å². The van der Waals surface area contributed by atoms with E-state index in [1.165, 1.54) is 25.7 Å². The smallest absolute Gasteiger partial charge is 0.113 e. The van der Waals surface area contributed by atoms with E-state index in [2.05, 4.69) is 38.2 Å². The molecule has 0 amide bonds. The number of aromatic nitrogens is 4. The van der Waals surface area contributed by atoms with Crippen LogP contribution in [-0.4, -0.2) is 20.0 Å². The zero-order valence-corrected chi connectivity index (χ0v) is 11.9.